The van der Waals surface area contributed by atoms with Crippen LogP contribution >= 0.6 is 0 Å². The lowest BCUT2D eigenvalue weighted by Crippen LogP contribution is -2.36. The Hall–Kier alpha value is -1.36. The number of methoxy groups -OCH3 is 1. The number of aromatic nitrogens is 2. The van der Waals surface area contributed by atoms with E-state index in [0.29, 0.717) is 24.2 Å². The van der Waals surface area contributed by atoms with E-state index in [4.69, 9.17) is 10.5 Å². The molecular formula is C13H24N4O. The maximum Gasteiger partial charge on any atom is 0.218 e. The lowest BCUT2D eigenvalue weighted by atomic mass is 9.95. The van der Waals surface area contributed by atoms with Gasteiger partial charge in [-0.25, -0.2) is 4.98 Å². The normalized spacial score (nSPS) is 12.6. The first-order valence-corrected chi connectivity index (χ1v) is 6.49. The van der Waals surface area contributed by atoms with E-state index in [0.717, 1.165) is 18.7 Å². The minimum absolute atomic E-state index is 0.140. The van der Waals surface area contributed by atoms with Crippen molar-refractivity contribution in [3.05, 3.63) is 11.9 Å². The van der Waals surface area contributed by atoms with Crippen LogP contribution in [0, 0.1) is 12.8 Å². The monoisotopic (exact) mass is 252 g/mol. The van der Waals surface area contributed by atoms with Crippen molar-refractivity contribution in [2.24, 2.45) is 11.7 Å². The van der Waals surface area contributed by atoms with Crippen molar-refractivity contribution in [1.82, 2.24) is 9.97 Å². The van der Waals surface area contributed by atoms with Crippen LogP contribution in [0.4, 0.5) is 5.82 Å². The van der Waals surface area contributed by atoms with Gasteiger partial charge in [0.05, 0.1) is 7.11 Å². The molecule has 0 saturated heterocycles. The summed E-state index contributed by atoms with van der Waals surface area (Å²) in [6.07, 6.45) is 2.21. The van der Waals surface area contributed by atoms with Gasteiger partial charge in [-0.1, -0.05) is 26.7 Å². The van der Waals surface area contributed by atoms with Gasteiger partial charge in [-0.05, 0) is 12.8 Å². The largest absolute Gasteiger partial charge is 0.481 e. The third-order valence-electron chi connectivity index (χ3n) is 3.20. The van der Waals surface area contributed by atoms with Crippen LogP contribution < -0.4 is 15.8 Å². The smallest absolute Gasteiger partial charge is 0.218 e. The molecule has 1 aromatic rings. The number of nitrogens with one attached hydrogen (secondary N) is 1. The van der Waals surface area contributed by atoms with E-state index >= 15 is 0 Å². The average Bonchev–Trinajstić information content (AvgIpc) is 2.37. The van der Waals surface area contributed by atoms with E-state index in [2.05, 4.69) is 29.1 Å². The molecule has 0 amide bonds. The molecule has 1 unspecified atom stereocenters. The van der Waals surface area contributed by atoms with E-state index in [-0.39, 0.29) is 6.04 Å². The van der Waals surface area contributed by atoms with Gasteiger partial charge in [0.25, 0.3) is 0 Å². The molecule has 0 aromatic carbocycles. The zero-order valence-electron chi connectivity index (χ0n) is 11.7. The Kier molecular flexibility index (Phi) is 5.85. The first kappa shape index (κ1) is 14.7. The number of aryl methyl sites for hydroxylation is 1. The molecular weight excluding hydrogens is 228 g/mol. The van der Waals surface area contributed by atoms with Crippen molar-refractivity contribution in [1.29, 1.82) is 0 Å². The quantitative estimate of drug-likeness (QED) is 0.776. The molecule has 0 saturated carbocycles. The summed E-state index contributed by atoms with van der Waals surface area (Å²) in [6.45, 7) is 6.90. The van der Waals surface area contributed by atoms with Crippen LogP contribution in [0.25, 0.3) is 0 Å². The van der Waals surface area contributed by atoms with E-state index in [1.54, 1.807) is 13.2 Å². The number of hydrogen-bond acceptors (Lipinski definition) is 5. The van der Waals surface area contributed by atoms with Crippen LogP contribution in [0.2, 0.25) is 0 Å². The summed E-state index contributed by atoms with van der Waals surface area (Å²) in [6, 6.07) is 1.92. The highest BCUT2D eigenvalue weighted by atomic mass is 16.5. The van der Waals surface area contributed by atoms with Gasteiger partial charge in [-0.2, -0.15) is 4.98 Å². The fourth-order valence-corrected chi connectivity index (χ4v) is 2.02. The Morgan fingerprint density at radius 3 is 2.56 bits per heavy atom. The first-order valence-electron chi connectivity index (χ1n) is 6.49. The minimum atomic E-state index is 0.140. The van der Waals surface area contributed by atoms with Gasteiger partial charge in [0.2, 0.25) is 5.88 Å². The highest BCUT2D eigenvalue weighted by Gasteiger charge is 2.14. The highest BCUT2D eigenvalue weighted by molar-refractivity contribution is 5.38. The Morgan fingerprint density at radius 1 is 1.33 bits per heavy atom. The molecule has 1 heterocycles. The standard InChI is InChI=1S/C13H24N4O/c1-5-10(6-2)11(14)8-15-12-7-13(18-4)17-9(3)16-12/h7,10-11H,5-6,8,14H2,1-4H3,(H,15,16,17). The second-order valence-corrected chi connectivity index (χ2v) is 4.46. The number of rotatable bonds is 7. The molecule has 1 aromatic heterocycles. The number of ether oxygens (including phenoxy) is 1. The van der Waals surface area contributed by atoms with Crippen molar-refractivity contribution in [3.8, 4) is 5.88 Å². The number of nitrogens with two attached hydrogens (primary N) is 1. The second kappa shape index (κ2) is 7.16. The molecule has 3 N–H and O–H groups in total. The van der Waals surface area contributed by atoms with Gasteiger partial charge >= 0.3 is 0 Å². The molecule has 1 atom stereocenters. The molecule has 0 fully saturated rings. The molecule has 0 radical (unpaired) electrons. The lowest BCUT2D eigenvalue weighted by molar-refractivity contribution is 0.395. The summed E-state index contributed by atoms with van der Waals surface area (Å²) in [5, 5.41) is 3.25. The van der Waals surface area contributed by atoms with Gasteiger partial charge in [0.1, 0.15) is 11.6 Å². The molecule has 5 heteroatoms. The first-order chi connectivity index (χ1) is 8.60. The van der Waals surface area contributed by atoms with Crippen LogP contribution in [0.5, 0.6) is 5.88 Å². The third kappa shape index (κ3) is 4.14. The van der Waals surface area contributed by atoms with Gasteiger partial charge in [0, 0.05) is 18.7 Å². The van der Waals surface area contributed by atoms with Crippen LogP contribution in [0.1, 0.15) is 32.5 Å². The predicted octanol–water partition coefficient (Wildman–Crippen LogP) is 1.97. The Bertz CT molecular complexity index is 366. The summed E-state index contributed by atoms with van der Waals surface area (Å²) in [7, 11) is 1.60. The fourth-order valence-electron chi connectivity index (χ4n) is 2.02. The SMILES string of the molecule is CCC(CC)C(N)CNc1cc(OC)nc(C)n1. The zero-order chi connectivity index (χ0) is 13.5. The molecule has 1 rings (SSSR count). The Labute approximate surface area is 109 Å². The number of anilines is 1. The molecule has 0 aliphatic heterocycles. The molecule has 5 nitrogen and oxygen atoms in total. The molecule has 18 heavy (non-hydrogen) atoms. The van der Waals surface area contributed by atoms with E-state index in [1.165, 1.54) is 0 Å². The van der Waals surface area contributed by atoms with Crippen LogP contribution in [0.15, 0.2) is 6.07 Å². The lowest BCUT2D eigenvalue weighted by Gasteiger charge is -2.21. The van der Waals surface area contributed by atoms with Gasteiger partial charge in [-0.3, -0.25) is 0 Å². The fraction of sp³-hybridized carbons (Fsp3) is 0.692. The topological polar surface area (TPSA) is 73.1 Å². The molecule has 0 bridgehead atoms. The van der Waals surface area contributed by atoms with Gasteiger partial charge in [-0.15, -0.1) is 0 Å². The molecule has 0 aliphatic rings. The van der Waals surface area contributed by atoms with E-state index in [1.807, 2.05) is 6.92 Å². The molecule has 102 valence electrons. The van der Waals surface area contributed by atoms with E-state index < -0.39 is 0 Å². The maximum absolute atomic E-state index is 6.16. The number of hydrogen-bond donors (Lipinski definition) is 2. The van der Waals surface area contributed by atoms with Crippen molar-refractivity contribution in [3.63, 3.8) is 0 Å². The summed E-state index contributed by atoms with van der Waals surface area (Å²) < 4.78 is 5.11. The van der Waals surface area contributed by atoms with Gasteiger partial charge < -0.3 is 15.8 Å². The average molecular weight is 252 g/mol. The van der Waals surface area contributed by atoms with Crippen molar-refractivity contribution >= 4 is 5.82 Å². The van der Waals surface area contributed by atoms with Crippen LogP contribution in [-0.4, -0.2) is 29.7 Å². The summed E-state index contributed by atoms with van der Waals surface area (Å²) >= 11 is 0. The van der Waals surface area contributed by atoms with Crippen molar-refractivity contribution < 1.29 is 4.74 Å². The zero-order valence-corrected chi connectivity index (χ0v) is 11.7. The predicted molar refractivity (Wildman–Crippen MR) is 73.9 cm³/mol. The van der Waals surface area contributed by atoms with E-state index in [9.17, 15) is 0 Å². The maximum atomic E-state index is 6.16. The molecule has 0 aliphatic carbocycles. The third-order valence-corrected chi connectivity index (χ3v) is 3.20. The van der Waals surface area contributed by atoms with Crippen molar-refractivity contribution in [2.45, 2.75) is 39.7 Å². The summed E-state index contributed by atoms with van der Waals surface area (Å²) in [4.78, 5) is 8.45. The summed E-state index contributed by atoms with van der Waals surface area (Å²) in [5.41, 5.74) is 6.16. The number of nitrogens with zero attached hydrogens (tertiary/aromatic N) is 2. The van der Waals surface area contributed by atoms with Crippen molar-refractivity contribution in [2.75, 3.05) is 19.0 Å². The van der Waals surface area contributed by atoms with Crippen LogP contribution in [0.3, 0.4) is 0 Å². The Balaban J connectivity index is 2.60. The van der Waals surface area contributed by atoms with Gasteiger partial charge in [0.15, 0.2) is 0 Å². The second-order valence-electron chi connectivity index (χ2n) is 4.46. The minimum Gasteiger partial charge on any atom is -0.481 e. The molecule has 0 spiro atoms. The highest BCUT2D eigenvalue weighted by Crippen LogP contribution is 2.15. The van der Waals surface area contributed by atoms with Crippen LogP contribution in [-0.2, 0) is 0 Å². The Morgan fingerprint density at radius 2 is 2.00 bits per heavy atom. The summed E-state index contributed by atoms with van der Waals surface area (Å²) in [5.74, 6) is 2.57.